The molecule has 0 aromatic heterocycles. The summed E-state index contributed by atoms with van der Waals surface area (Å²) in [6, 6.07) is 10.1. The zero-order valence-electron chi connectivity index (χ0n) is 21.8. The predicted molar refractivity (Wildman–Crippen MR) is 134 cm³/mol. The van der Waals surface area contributed by atoms with Gasteiger partial charge in [-0.15, -0.1) is 0 Å². The minimum absolute atomic E-state index is 0.0723. The minimum atomic E-state index is -2.00. The van der Waals surface area contributed by atoms with Crippen molar-refractivity contribution in [3.8, 4) is 0 Å². The molecular weight excluding hydrogens is 420 g/mol. The molecule has 1 rings (SSSR count). The lowest BCUT2D eigenvalue weighted by atomic mass is 9.88. The first-order valence-corrected chi connectivity index (χ1v) is 15.0. The second-order valence-electron chi connectivity index (χ2n) is 10.5. The standard InChI is InChI=1S/C26H48O5Si/c1-9-10-11-15-18-26(5,30-19-22-16-13-12-14-17-22)24(29-21-28-6)23(27)20-31-32(7,8)25(2,3)4/h12-14,16-17,23-24,27H,9-11,15,18-21H2,1-8H3/t23-,24-,26+/m1/s1. The summed E-state index contributed by atoms with van der Waals surface area (Å²) in [5.74, 6) is 0. The van der Waals surface area contributed by atoms with Gasteiger partial charge in [-0.1, -0.05) is 83.7 Å². The number of hydrogen-bond donors (Lipinski definition) is 1. The number of methoxy groups -OCH3 is 1. The van der Waals surface area contributed by atoms with E-state index in [-0.39, 0.29) is 18.4 Å². The van der Waals surface area contributed by atoms with Crippen LogP contribution < -0.4 is 0 Å². The Morgan fingerprint density at radius 3 is 2.22 bits per heavy atom. The lowest BCUT2D eigenvalue weighted by molar-refractivity contribution is -0.213. The summed E-state index contributed by atoms with van der Waals surface area (Å²) >= 11 is 0. The van der Waals surface area contributed by atoms with Crippen molar-refractivity contribution >= 4 is 8.32 Å². The fraction of sp³-hybridized carbons (Fsp3) is 0.769. The Balaban J connectivity index is 3.02. The number of hydrogen-bond acceptors (Lipinski definition) is 5. The highest BCUT2D eigenvalue weighted by molar-refractivity contribution is 6.74. The van der Waals surface area contributed by atoms with Crippen LogP contribution in [-0.4, -0.2) is 51.7 Å². The topological polar surface area (TPSA) is 57.2 Å². The Bertz CT molecular complexity index is 616. The van der Waals surface area contributed by atoms with E-state index in [0.29, 0.717) is 6.61 Å². The molecule has 0 saturated carbocycles. The third-order valence-corrected chi connectivity index (χ3v) is 11.2. The van der Waals surface area contributed by atoms with E-state index >= 15 is 0 Å². The van der Waals surface area contributed by atoms with Gasteiger partial charge in [0.25, 0.3) is 0 Å². The number of aliphatic hydroxyl groups is 1. The van der Waals surface area contributed by atoms with Crippen LogP contribution in [0.25, 0.3) is 0 Å². The van der Waals surface area contributed by atoms with Crippen LogP contribution in [0.4, 0.5) is 0 Å². The average molecular weight is 469 g/mol. The Morgan fingerprint density at radius 2 is 1.66 bits per heavy atom. The number of rotatable bonds is 16. The first kappa shape index (κ1) is 29.3. The second-order valence-corrected chi connectivity index (χ2v) is 15.3. The number of ether oxygens (including phenoxy) is 3. The molecule has 0 amide bonds. The molecule has 0 aliphatic rings. The first-order chi connectivity index (χ1) is 15.0. The van der Waals surface area contributed by atoms with Gasteiger partial charge in [0.1, 0.15) is 19.0 Å². The largest absolute Gasteiger partial charge is 0.414 e. The molecule has 0 spiro atoms. The molecule has 32 heavy (non-hydrogen) atoms. The van der Waals surface area contributed by atoms with Crippen LogP contribution in [0.2, 0.25) is 18.1 Å². The fourth-order valence-corrected chi connectivity index (χ4v) is 4.48. The average Bonchev–Trinajstić information content (AvgIpc) is 2.74. The Morgan fingerprint density at radius 1 is 1.00 bits per heavy atom. The van der Waals surface area contributed by atoms with Crippen LogP contribution >= 0.6 is 0 Å². The van der Waals surface area contributed by atoms with Gasteiger partial charge in [-0.05, 0) is 37.0 Å². The van der Waals surface area contributed by atoms with Gasteiger partial charge >= 0.3 is 0 Å². The molecule has 3 atom stereocenters. The molecule has 0 aliphatic carbocycles. The van der Waals surface area contributed by atoms with Crippen molar-refractivity contribution in [2.45, 2.75) is 109 Å². The van der Waals surface area contributed by atoms with Crippen molar-refractivity contribution in [3.63, 3.8) is 0 Å². The molecule has 0 radical (unpaired) electrons. The highest BCUT2D eigenvalue weighted by atomic mass is 28.4. The van der Waals surface area contributed by atoms with Gasteiger partial charge in [0.2, 0.25) is 0 Å². The molecule has 1 aromatic rings. The van der Waals surface area contributed by atoms with Gasteiger partial charge in [-0.25, -0.2) is 0 Å². The molecule has 0 unspecified atom stereocenters. The van der Waals surface area contributed by atoms with E-state index in [1.165, 1.54) is 12.8 Å². The molecule has 5 nitrogen and oxygen atoms in total. The number of benzene rings is 1. The van der Waals surface area contributed by atoms with Gasteiger partial charge in [-0.2, -0.15) is 0 Å². The highest BCUT2D eigenvalue weighted by Crippen LogP contribution is 2.37. The third kappa shape index (κ3) is 9.62. The summed E-state index contributed by atoms with van der Waals surface area (Å²) < 4.78 is 24.1. The summed E-state index contributed by atoms with van der Waals surface area (Å²) in [5.41, 5.74) is 0.433. The highest BCUT2D eigenvalue weighted by Gasteiger charge is 2.43. The summed E-state index contributed by atoms with van der Waals surface area (Å²) in [6.45, 7) is 16.0. The van der Waals surface area contributed by atoms with Gasteiger partial charge in [0.15, 0.2) is 8.32 Å². The lowest BCUT2D eigenvalue weighted by Crippen LogP contribution is -2.53. The van der Waals surface area contributed by atoms with Crippen LogP contribution in [0.3, 0.4) is 0 Å². The molecule has 0 fully saturated rings. The van der Waals surface area contributed by atoms with Gasteiger partial charge in [-0.3, -0.25) is 0 Å². The SMILES string of the molecule is CCCCCC[C@](C)(OCc1ccccc1)[C@H](OCOC)[C@H](O)CO[Si](C)(C)C(C)(C)C. The van der Waals surface area contributed by atoms with Crippen molar-refractivity contribution in [2.24, 2.45) is 0 Å². The Hall–Kier alpha value is -0.763. The predicted octanol–water partition coefficient (Wildman–Crippen LogP) is 6.30. The summed E-state index contributed by atoms with van der Waals surface area (Å²) in [7, 11) is -0.403. The molecular formula is C26H48O5Si. The van der Waals surface area contributed by atoms with Crippen molar-refractivity contribution in [2.75, 3.05) is 20.5 Å². The van der Waals surface area contributed by atoms with Crippen molar-refractivity contribution < 1.29 is 23.7 Å². The number of aliphatic hydroxyl groups excluding tert-OH is 1. The van der Waals surface area contributed by atoms with E-state index in [2.05, 4.69) is 59.8 Å². The van der Waals surface area contributed by atoms with Crippen molar-refractivity contribution in [1.29, 1.82) is 0 Å². The Labute approximate surface area is 197 Å². The fourth-order valence-electron chi connectivity index (χ4n) is 3.46. The smallest absolute Gasteiger partial charge is 0.192 e. The molecule has 1 N–H and O–H groups in total. The Kier molecular flexibility index (Phi) is 12.6. The minimum Gasteiger partial charge on any atom is -0.414 e. The number of unbranched alkanes of at least 4 members (excludes halogenated alkanes) is 3. The third-order valence-electron chi connectivity index (χ3n) is 6.68. The zero-order valence-corrected chi connectivity index (χ0v) is 22.8. The zero-order chi connectivity index (χ0) is 24.3. The van der Waals surface area contributed by atoms with Crippen LogP contribution in [0.15, 0.2) is 30.3 Å². The van der Waals surface area contributed by atoms with E-state index in [0.717, 1.165) is 24.8 Å². The van der Waals surface area contributed by atoms with Crippen LogP contribution in [-0.2, 0) is 25.2 Å². The summed E-state index contributed by atoms with van der Waals surface area (Å²) in [5, 5.41) is 11.3. The van der Waals surface area contributed by atoms with E-state index in [9.17, 15) is 5.11 Å². The maximum absolute atomic E-state index is 11.2. The first-order valence-electron chi connectivity index (χ1n) is 12.1. The molecule has 6 heteroatoms. The van der Waals surface area contributed by atoms with E-state index in [1.807, 2.05) is 18.2 Å². The van der Waals surface area contributed by atoms with Gasteiger partial charge in [0, 0.05) is 7.11 Å². The molecule has 0 saturated heterocycles. The second kappa shape index (κ2) is 13.8. The molecule has 0 aliphatic heterocycles. The lowest BCUT2D eigenvalue weighted by Gasteiger charge is -2.42. The van der Waals surface area contributed by atoms with E-state index in [1.54, 1.807) is 7.11 Å². The maximum atomic E-state index is 11.2. The van der Waals surface area contributed by atoms with Crippen molar-refractivity contribution in [3.05, 3.63) is 35.9 Å². The van der Waals surface area contributed by atoms with E-state index in [4.69, 9.17) is 18.6 Å². The molecule has 0 bridgehead atoms. The van der Waals surface area contributed by atoms with Crippen LogP contribution in [0, 0.1) is 0 Å². The van der Waals surface area contributed by atoms with Crippen molar-refractivity contribution in [1.82, 2.24) is 0 Å². The van der Waals surface area contributed by atoms with Crippen LogP contribution in [0.1, 0.15) is 72.3 Å². The van der Waals surface area contributed by atoms with Crippen LogP contribution in [0.5, 0.6) is 0 Å². The summed E-state index contributed by atoms with van der Waals surface area (Å²) in [6.07, 6.45) is 3.94. The summed E-state index contributed by atoms with van der Waals surface area (Å²) in [4.78, 5) is 0. The quantitative estimate of drug-likeness (QED) is 0.175. The normalized spacial score (nSPS) is 16.5. The molecule has 186 valence electrons. The van der Waals surface area contributed by atoms with E-state index < -0.39 is 26.1 Å². The monoisotopic (exact) mass is 468 g/mol. The van der Waals surface area contributed by atoms with Gasteiger partial charge < -0.3 is 23.7 Å². The maximum Gasteiger partial charge on any atom is 0.192 e. The molecule has 1 aromatic carbocycles. The van der Waals surface area contributed by atoms with Gasteiger partial charge in [0.05, 0.1) is 18.8 Å². The molecule has 0 heterocycles.